The number of aromatic nitrogens is 1. The number of rotatable bonds is 4. The van der Waals surface area contributed by atoms with E-state index in [0.717, 1.165) is 6.07 Å². The molecule has 1 amide bonds. The molecule has 0 spiro atoms. The Labute approximate surface area is 127 Å². The van der Waals surface area contributed by atoms with Gasteiger partial charge in [0.05, 0.1) is 0 Å². The van der Waals surface area contributed by atoms with Crippen LogP contribution in [0.5, 0.6) is 0 Å². The maximum Gasteiger partial charge on any atom is 0.225 e. The average molecular weight is 307 g/mol. The fraction of sp³-hybridized carbons (Fsp3) is 0.375. The number of carbonyl (C=O) groups is 1. The summed E-state index contributed by atoms with van der Waals surface area (Å²) in [7, 11) is 0. The van der Waals surface area contributed by atoms with E-state index in [1.165, 1.54) is 12.3 Å². The number of nitrogens with zero attached hydrogens (tertiary/aromatic N) is 1. The normalized spacial score (nSPS) is 11.5. The Morgan fingerprint density at radius 1 is 1.23 bits per heavy atom. The maximum absolute atomic E-state index is 13.7. The van der Waals surface area contributed by atoms with Crippen molar-refractivity contribution in [3.63, 3.8) is 0 Å². The summed E-state index contributed by atoms with van der Waals surface area (Å²) in [5.41, 5.74) is 0.244. The van der Waals surface area contributed by atoms with Gasteiger partial charge in [-0.05, 0) is 12.1 Å². The summed E-state index contributed by atoms with van der Waals surface area (Å²) < 4.78 is 27.0. The first kappa shape index (κ1) is 16.1. The summed E-state index contributed by atoms with van der Waals surface area (Å²) in [6.45, 7) is 6.35. The van der Waals surface area contributed by atoms with Crippen LogP contribution in [0.15, 0.2) is 24.4 Å². The summed E-state index contributed by atoms with van der Waals surface area (Å²) in [6, 6.07) is 3.69. The first-order valence-corrected chi connectivity index (χ1v) is 7.05. The summed E-state index contributed by atoms with van der Waals surface area (Å²) in [5, 5.41) is 6.24. The molecule has 0 aliphatic heterocycles. The predicted molar refractivity (Wildman–Crippen MR) is 82.6 cm³/mol. The Kier molecular flexibility index (Phi) is 4.59. The van der Waals surface area contributed by atoms with Crippen molar-refractivity contribution in [2.24, 2.45) is 5.41 Å². The molecule has 2 rings (SSSR count). The number of hydrogen-bond donors (Lipinski definition) is 2. The monoisotopic (exact) mass is 307 g/mol. The van der Waals surface area contributed by atoms with E-state index < -0.39 is 17.0 Å². The van der Waals surface area contributed by atoms with Crippen LogP contribution >= 0.6 is 0 Å². The van der Waals surface area contributed by atoms with Gasteiger partial charge in [0.25, 0.3) is 0 Å². The smallest absolute Gasteiger partial charge is 0.225 e. The van der Waals surface area contributed by atoms with E-state index in [-0.39, 0.29) is 11.4 Å². The van der Waals surface area contributed by atoms with Gasteiger partial charge in [-0.1, -0.05) is 20.8 Å². The van der Waals surface area contributed by atoms with Gasteiger partial charge in [-0.25, -0.2) is 8.78 Å². The Hall–Kier alpha value is -2.24. The van der Waals surface area contributed by atoms with Crippen LogP contribution in [0.1, 0.15) is 20.8 Å². The van der Waals surface area contributed by atoms with E-state index in [4.69, 9.17) is 0 Å². The minimum absolute atomic E-state index is 0.0500. The van der Waals surface area contributed by atoms with Crippen molar-refractivity contribution in [1.82, 2.24) is 10.3 Å². The Morgan fingerprint density at radius 2 is 1.95 bits per heavy atom. The largest absolute Gasteiger partial charge is 0.383 e. The molecule has 4 nitrogen and oxygen atoms in total. The zero-order chi connectivity index (χ0) is 16.3. The number of fused-ring (bicyclic) bond motifs is 1. The van der Waals surface area contributed by atoms with E-state index in [9.17, 15) is 13.6 Å². The van der Waals surface area contributed by atoms with Gasteiger partial charge < -0.3 is 10.6 Å². The second-order valence-corrected chi connectivity index (χ2v) is 6.07. The number of anilines is 1. The average Bonchev–Trinajstić information content (AvgIpc) is 2.42. The molecule has 6 heteroatoms. The highest BCUT2D eigenvalue weighted by molar-refractivity contribution is 5.91. The van der Waals surface area contributed by atoms with Gasteiger partial charge in [0, 0.05) is 41.8 Å². The minimum atomic E-state index is -0.695. The van der Waals surface area contributed by atoms with Crippen LogP contribution in [0.4, 0.5) is 14.5 Å². The van der Waals surface area contributed by atoms with Crippen LogP contribution in [0.3, 0.4) is 0 Å². The van der Waals surface area contributed by atoms with E-state index in [1.54, 1.807) is 6.07 Å². The molecule has 1 aromatic heterocycles. The SMILES string of the molecule is CC(C)(C)C(=O)NCCNc1ccnc2c(F)cc(F)cc12. The van der Waals surface area contributed by atoms with Crippen molar-refractivity contribution in [2.45, 2.75) is 20.8 Å². The molecule has 0 saturated carbocycles. The lowest BCUT2D eigenvalue weighted by Crippen LogP contribution is -2.37. The van der Waals surface area contributed by atoms with Crippen LogP contribution in [0, 0.1) is 17.0 Å². The molecule has 0 fully saturated rings. The molecule has 0 aliphatic carbocycles. The van der Waals surface area contributed by atoms with Crippen LogP contribution in [0.2, 0.25) is 0 Å². The number of amides is 1. The molecule has 2 aromatic rings. The van der Waals surface area contributed by atoms with Crippen molar-refractivity contribution >= 4 is 22.5 Å². The molecule has 1 heterocycles. The molecule has 0 unspecified atom stereocenters. The van der Waals surface area contributed by atoms with Gasteiger partial charge in [-0.2, -0.15) is 0 Å². The minimum Gasteiger partial charge on any atom is -0.383 e. The van der Waals surface area contributed by atoms with Crippen molar-refractivity contribution in [3.05, 3.63) is 36.0 Å². The summed E-state index contributed by atoms with van der Waals surface area (Å²) in [5.74, 6) is -1.40. The third-order valence-electron chi connectivity index (χ3n) is 3.17. The van der Waals surface area contributed by atoms with E-state index in [0.29, 0.717) is 24.2 Å². The van der Waals surface area contributed by atoms with E-state index in [2.05, 4.69) is 15.6 Å². The Bertz CT molecular complexity index is 696. The van der Waals surface area contributed by atoms with E-state index in [1.807, 2.05) is 20.8 Å². The number of pyridine rings is 1. The highest BCUT2D eigenvalue weighted by Gasteiger charge is 2.20. The van der Waals surface area contributed by atoms with Gasteiger partial charge in [-0.15, -0.1) is 0 Å². The standard InChI is InChI=1S/C16H19F2N3O/c1-16(2,3)15(22)21-7-6-19-13-4-5-20-14-11(13)8-10(17)9-12(14)18/h4-5,8-9H,6-7H2,1-3H3,(H,19,20)(H,21,22). The molecule has 1 aromatic carbocycles. The third-order valence-corrected chi connectivity index (χ3v) is 3.17. The lowest BCUT2D eigenvalue weighted by atomic mass is 9.96. The molecule has 0 aliphatic rings. The van der Waals surface area contributed by atoms with Gasteiger partial charge in [-0.3, -0.25) is 9.78 Å². The topological polar surface area (TPSA) is 54.0 Å². The van der Waals surface area contributed by atoms with Gasteiger partial charge in [0.15, 0.2) is 5.82 Å². The number of hydrogen-bond acceptors (Lipinski definition) is 3. The second-order valence-electron chi connectivity index (χ2n) is 6.07. The fourth-order valence-corrected chi connectivity index (χ4v) is 1.97. The molecule has 0 bridgehead atoms. The zero-order valence-corrected chi connectivity index (χ0v) is 12.8. The molecule has 0 atom stereocenters. The van der Waals surface area contributed by atoms with Gasteiger partial charge in [0.1, 0.15) is 11.3 Å². The van der Waals surface area contributed by atoms with Crippen molar-refractivity contribution in [2.75, 3.05) is 18.4 Å². The van der Waals surface area contributed by atoms with Crippen molar-refractivity contribution in [1.29, 1.82) is 0 Å². The lowest BCUT2D eigenvalue weighted by molar-refractivity contribution is -0.128. The van der Waals surface area contributed by atoms with Crippen LogP contribution in [0.25, 0.3) is 10.9 Å². The first-order chi connectivity index (χ1) is 10.3. The fourth-order valence-electron chi connectivity index (χ4n) is 1.97. The summed E-state index contributed by atoms with van der Waals surface area (Å²) >= 11 is 0. The van der Waals surface area contributed by atoms with Crippen molar-refractivity contribution < 1.29 is 13.6 Å². The second kappa shape index (κ2) is 6.25. The van der Waals surface area contributed by atoms with Crippen molar-refractivity contribution in [3.8, 4) is 0 Å². The summed E-state index contributed by atoms with van der Waals surface area (Å²) in [4.78, 5) is 15.6. The molecule has 2 N–H and O–H groups in total. The molecule has 0 saturated heterocycles. The number of benzene rings is 1. The predicted octanol–water partition coefficient (Wildman–Crippen LogP) is 3.09. The van der Waals surface area contributed by atoms with Crippen LogP contribution < -0.4 is 10.6 Å². The number of carbonyl (C=O) groups excluding carboxylic acids is 1. The number of nitrogens with one attached hydrogen (secondary N) is 2. The van der Waals surface area contributed by atoms with Crippen LogP contribution in [-0.2, 0) is 4.79 Å². The van der Waals surface area contributed by atoms with E-state index >= 15 is 0 Å². The molecular formula is C16H19F2N3O. The Morgan fingerprint density at radius 3 is 2.64 bits per heavy atom. The first-order valence-electron chi connectivity index (χ1n) is 7.05. The zero-order valence-electron chi connectivity index (χ0n) is 12.8. The summed E-state index contributed by atoms with van der Waals surface area (Å²) in [6.07, 6.45) is 1.46. The Balaban J connectivity index is 2.05. The molecule has 0 radical (unpaired) electrons. The van der Waals surface area contributed by atoms with Crippen LogP contribution in [-0.4, -0.2) is 24.0 Å². The maximum atomic E-state index is 13.7. The highest BCUT2D eigenvalue weighted by Crippen LogP contribution is 2.24. The van der Waals surface area contributed by atoms with Gasteiger partial charge >= 0.3 is 0 Å². The quantitative estimate of drug-likeness (QED) is 0.854. The number of halogens is 2. The molecule has 22 heavy (non-hydrogen) atoms. The highest BCUT2D eigenvalue weighted by atomic mass is 19.1. The molecular weight excluding hydrogens is 288 g/mol. The third kappa shape index (κ3) is 3.69. The van der Waals surface area contributed by atoms with Gasteiger partial charge in [0.2, 0.25) is 5.91 Å². The lowest BCUT2D eigenvalue weighted by Gasteiger charge is -2.18. The molecule has 118 valence electrons.